The molecule has 35 heavy (non-hydrogen) atoms. The number of hydrogen-bond donors (Lipinski definition) is 0. The molecule has 0 aliphatic rings. The zero-order valence-corrected chi connectivity index (χ0v) is 19.4. The van der Waals surface area contributed by atoms with E-state index in [2.05, 4.69) is 0 Å². The Labute approximate surface area is 201 Å². The van der Waals surface area contributed by atoms with Gasteiger partial charge >= 0.3 is 0 Å². The summed E-state index contributed by atoms with van der Waals surface area (Å²) in [5.41, 5.74) is 1.27. The number of rotatable bonds is 8. The Morgan fingerprint density at radius 2 is 1.71 bits per heavy atom. The van der Waals surface area contributed by atoms with Crippen LogP contribution in [0.4, 0.5) is 5.69 Å². The lowest BCUT2D eigenvalue weighted by molar-refractivity contribution is -0.384. The molecule has 1 heterocycles. The van der Waals surface area contributed by atoms with E-state index in [0.29, 0.717) is 51.8 Å². The van der Waals surface area contributed by atoms with Crippen LogP contribution in [0, 0.1) is 10.1 Å². The van der Waals surface area contributed by atoms with E-state index in [1.54, 1.807) is 60.7 Å². The fourth-order valence-corrected chi connectivity index (χ4v) is 3.66. The van der Waals surface area contributed by atoms with Gasteiger partial charge in [-0.05, 0) is 48.9 Å². The highest BCUT2D eigenvalue weighted by molar-refractivity contribution is 5.84. The van der Waals surface area contributed by atoms with Crippen molar-refractivity contribution in [2.75, 3.05) is 20.8 Å². The standard InChI is InChI=1S/C26H23N3O6/c1-4-35-20-11-9-18(10-12-20)28-25(13-8-17-6-5-7-19(14-17)29(31)32)27-22-16-24(34-3)23(33-2)15-21(22)26(28)30/h5-16H,4H2,1-3H3/b13-8+. The van der Waals surface area contributed by atoms with Gasteiger partial charge in [0.25, 0.3) is 11.2 Å². The second kappa shape index (κ2) is 10.1. The number of ether oxygens (including phenoxy) is 3. The molecule has 0 unspecified atom stereocenters. The Balaban J connectivity index is 1.92. The first-order chi connectivity index (χ1) is 16.9. The fraction of sp³-hybridized carbons (Fsp3) is 0.154. The van der Waals surface area contributed by atoms with E-state index in [1.807, 2.05) is 6.92 Å². The van der Waals surface area contributed by atoms with Crippen LogP contribution < -0.4 is 19.8 Å². The Morgan fingerprint density at radius 3 is 2.37 bits per heavy atom. The van der Waals surface area contributed by atoms with Crippen molar-refractivity contribution < 1.29 is 19.1 Å². The van der Waals surface area contributed by atoms with Gasteiger partial charge < -0.3 is 14.2 Å². The van der Waals surface area contributed by atoms with Crippen molar-refractivity contribution in [1.29, 1.82) is 0 Å². The Morgan fingerprint density at radius 1 is 1.00 bits per heavy atom. The van der Waals surface area contributed by atoms with Gasteiger partial charge in [-0.2, -0.15) is 0 Å². The fourth-order valence-electron chi connectivity index (χ4n) is 3.66. The molecule has 0 bridgehead atoms. The molecule has 0 fully saturated rings. The SMILES string of the molecule is CCOc1ccc(-n2c(/C=C/c3cccc([N+](=O)[O-])c3)nc3cc(OC)c(OC)cc3c2=O)cc1. The van der Waals surface area contributed by atoms with Gasteiger partial charge in [0, 0.05) is 18.2 Å². The van der Waals surface area contributed by atoms with Gasteiger partial charge in [0.15, 0.2) is 11.5 Å². The van der Waals surface area contributed by atoms with Gasteiger partial charge in [0.2, 0.25) is 0 Å². The summed E-state index contributed by atoms with van der Waals surface area (Å²) < 4.78 is 17.7. The van der Waals surface area contributed by atoms with Crippen molar-refractivity contribution in [2.45, 2.75) is 6.92 Å². The molecule has 1 aromatic heterocycles. The largest absolute Gasteiger partial charge is 0.494 e. The van der Waals surface area contributed by atoms with Crippen LogP contribution in [-0.4, -0.2) is 35.3 Å². The maximum atomic E-state index is 13.7. The number of nitro groups is 1. The average molecular weight is 473 g/mol. The first kappa shape index (κ1) is 23.5. The lowest BCUT2D eigenvalue weighted by Gasteiger charge is -2.14. The molecular weight excluding hydrogens is 450 g/mol. The molecule has 0 aliphatic carbocycles. The predicted molar refractivity (Wildman–Crippen MR) is 134 cm³/mol. The van der Waals surface area contributed by atoms with Crippen LogP contribution in [0.2, 0.25) is 0 Å². The summed E-state index contributed by atoms with van der Waals surface area (Å²) in [4.78, 5) is 29.0. The number of aromatic nitrogens is 2. The third-order valence-electron chi connectivity index (χ3n) is 5.31. The molecule has 178 valence electrons. The van der Waals surface area contributed by atoms with E-state index >= 15 is 0 Å². The number of nitro benzene ring substituents is 1. The summed E-state index contributed by atoms with van der Waals surface area (Å²) in [6, 6.07) is 16.5. The minimum Gasteiger partial charge on any atom is -0.494 e. The van der Waals surface area contributed by atoms with Crippen molar-refractivity contribution >= 4 is 28.7 Å². The van der Waals surface area contributed by atoms with Crippen molar-refractivity contribution in [1.82, 2.24) is 9.55 Å². The topological polar surface area (TPSA) is 106 Å². The molecule has 4 rings (SSSR count). The van der Waals surface area contributed by atoms with Crippen LogP contribution in [-0.2, 0) is 0 Å². The molecule has 0 atom stereocenters. The Kier molecular flexibility index (Phi) is 6.77. The van der Waals surface area contributed by atoms with E-state index in [-0.39, 0.29) is 11.2 Å². The predicted octanol–water partition coefficient (Wildman–Crippen LogP) is 4.88. The van der Waals surface area contributed by atoms with Crippen molar-refractivity contribution in [3.05, 3.63) is 92.5 Å². The summed E-state index contributed by atoms with van der Waals surface area (Å²) in [5, 5.41) is 11.5. The van der Waals surface area contributed by atoms with Gasteiger partial charge in [0.05, 0.1) is 42.3 Å². The van der Waals surface area contributed by atoms with Crippen molar-refractivity contribution in [3.8, 4) is 22.9 Å². The minimum absolute atomic E-state index is 0.0284. The van der Waals surface area contributed by atoms with Crippen LogP contribution in [0.3, 0.4) is 0 Å². The molecular formula is C26H23N3O6. The highest BCUT2D eigenvalue weighted by Gasteiger charge is 2.15. The molecule has 0 N–H and O–H groups in total. The summed E-state index contributed by atoms with van der Waals surface area (Å²) >= 11 is 0. The second-order valence-electron chi connectivity index (χ2n) is 7.45. The van der Waals surface area contributed by atoms with Gasteiger partial charge in [0.1, 0.15) is 11.6 Å². The number of benzene rings is 3. The maximum Gasteiger partial charge on any atom is 0.270 e. The molecule has 9 heteroatoms. The summed E-state index contributed by atoms with van der Waals surface area (Å²) in [5.74, 6) is 1.87. The highest BCUT2D eigenvalue weighted by atomic mass is 16.6. The summed E-state index contributed by atoms with van der Waals surface area (Å²) in [7, 11) is 3.01. The molecule has 0 radical (unpaired) electrons. The molecule has 3 aromatic carbocycles. The van der Waals surface area contributed by atoms with Crippen molar-refractivity contribution in [3.63, 3.8) is 0 Å². The maximum absolute atomic E-state index is 13.7. The highest BCUT2D eigenvalue weighted by Crippen LogP contribution is 2.31. The zero-order chi connectivity index (χ0) is 24.9. The summed E-state index contributed by atoms with van der Waals surface area (Å²) in [6.07, 6.45) is 3.32. The monoisotopic (exact) mass is 473 g/mol. The van der Waals surface area contributed by atoms with E-state index in [9.17, 15) is 14.9 Å². The van der Waals surface area contributed by atoms with E-state index in [1.165, 1.54) is 30.9 Å². The van der Waals surface area contributed by atoms with Gasteiger partial charge in [-0.25, -0.2) is 4.98 Å². The Hall–Kier alpha value is -4.66. The Bertz CT molecular complexity index is 1480. The molecule has 4 aromatic rings. The number of nitrogens with zero attached hydrogens (tertiary/aromatic N) is 3. The van der Waals surface area contributed by atoms with Crippen LogP contribution in [0.15, 0.2) is 65.5 Å². The molecule has 9 nitrogen and oxygen atoms in total. The molecule has 0 saturated carbocycles. The number of non-ortho nitro benzene ring substituents is 1. The molecule has 0 saturated heterocycles. The van der Waals surface area contributed by atoms with Gasteiger partial charge in [-0.15, -0.1) is 0 Å². The quantitative estimate of drug-likeness (QED) is 0.265. The molecule has 0 spiro atoms. The molecule has 0 aliphatic heterocycles. The van der Waals surface area contributed by atoms with Crippen LogP contribution >= 0.6 is 0 Å². The van der Waals surface area contributed by atoms with E-state index < -0.39 is 4.92 Å². The first-order valence-corrected chi connectivity index (χ1v) is 10.8. The van der Waals surface area contributed by atoms with Crippen molar-refractivity contribution in [2.24, 2.45) is 0 Å². The van der Waals surface area contributed by atoms with Crippen LogP contribution in [0.25, 0.3) is 28.7 Å². The molecule has 0 amide bonds. The number of hydrogen-bond acceptors (Lipinski definition) is 7. The third kappa shape index (κ3) is 4.84. The average Bonchev–Trinajstić information content (AvgIpc) is 2.88. The number of fused-ring (bicyclic) bond motifs is 1. The normalized spacial score (nSPS) is 11.1. The van der Waals surface area contributed by atoms with E-state index in [0.717, 1.165) is 0 Å². The smallest absolute Gasteiger partial charge is 0.270 e. The third-order valence-corrected chi connectivity index (χ3v) is 5.31. The zero-order valence-electron chi connectivity index (χ0n) is 19.4. The van der Waals surface area contributed by atoms with E-state index in [4.69, 9.17) is 19.2 Å². The second-order valence-corrected chi connectivity index (χ2v) is 7.45. The first-order valence-electron chi connectivity index (χ1n) is 10.8. The lowest BCUT2D eigenvalue weighted by Crippen LogP contribution is -2.22. The lowest BCUT2D eigenvalue weighted by atomic mass is 10.1. The van der Waals surface area contributed by atoms with Gasteiger partial charge in [-0.3, -0.25) is 19.5 Å². The number of methoxy groups -OCH3 is 2. The van der Waals surface area contributed by atoms with Gasteiger partial charge in [-0.1, -0.05) is 18.2 Å². The minimum atomic E-state index is -0.457. The van der Waals surface area contributed by atoms with Crippen LogP contribution in [0.1, 0.15) is 18.3 Å². The summed E-state index contributed by atoms with van der Waals surface area (Å²) in [6.45, 7) is 2.42. The van der Waals surface area contributed by atoms with Crippen LogP contribution in [0.5, 0.6) is 17.2 Å².